The van der Waals surface area contributed by atoms with Crippen LogP contribution < -0.4 is 15.8 Å². The lowest BCUT2D eigenvalue weighted by atomic mass is 9.97. The summed E-state index contributed by atoms with van der Waals surface area (Å²) in [5.41, 5.74) is 0.957. The molecule has 8 nitrogen and oxygen atoms in total. The molecule has 2 N–H and O–H groups in total. The Bertz CT molecular complexity index is 958. The number of aryl methyl sites for hydroxylation is 2. The lowest BCUT2D eigenvalue weighted by molar-refractivity contribution is -0.883. The van der Waals surface area contributed by atoms with Gasteiger partial charge in [-0.15, -0.1) is 11.3 Å². The van der Waals surface area contributed by atoms with Crippen LogP contribution >= 0.6 is 11.3 Å². The number of likely N-dealkylation sites (N-methyl/N-ethyl adjacent to an activating group) is 1. The highest BCUT2D eigenvalue weighted by Crippen LogP contribution is 2.33. The average molecular weight is 405 g/mol. The van der Waals surface area contributed by atoms with Crippen molar-refractivity contribution in [1.82, 2.24) is 19.8 Å². The van der Waals surface area contributed by atoms with Crippen LogP contribution in [0.3, 0.4) is 0 Å². The van der Waals surface area contributed by atoms with Gasteiger partial charge in [0.1, 0.15) is 11.4 Å². The molecule has 0 bridgehead atoms. The molecule has 1 aliphatic heterocycles. The second-order valence-corrected chi connectivity index (χ2v) is 8.77. The van der Waals surface area contributed by atoms with E-state index < -0.39 is 0 Å². The van der Waals surface area contributed by atoms with Crippen LogP contribution in [0.15, 0.2) is 11.1 Å². The quantitative estimate of drug-likeness (QED) is 0.671. The standard InChI is InChI=1S/C19H25N5O3S/c1-22-6-8-23(9-7-22)16(26)10-20-15(25)11-24-12-21-18-17(19(24)27)13-4-2-3-5-14(13)28-18/h12H,2-11H2,1H3,(H,20,25)/p+1. The molecule has 1 fully saturated rings. The van der Waals surface area contributed by atoms with Crippen LogP contribution in [0.25, 0.3) is 10.2 Å². The first kappa shape index (κ1) is 19.1. The minimum Gasteiger partial charge on any atom is -0.345 e. The monoisotopic (exact) mass is 404 g/mol. The molecule has 0 saturated carbocycles. The summed E-state index contributed by atoms with van der Waals surface area (Å²) >= 11 is 1.59. The summed E-state index contributed by atoms with van der Waals surface area (Å²) < 4.78 is 1.35. The molecule has 2 aromatic rings. The molecule has 0 atom stereocenters. The molecule has 2 aliphatic rings. The zero-order chi connectivity index (χ0) is 19.7. The lowest BCUT2D eigenvalue weighted by Gasteiger charge is -2.30. The first-order chi connectivity index (χ1) is 13.5. The Balaban J connectivity index is 1.40. The first-order valence-electron chi connectivity index (χ1n) is 9.88. The molecular weight excluding hydrogens is 378 g/mol. The van der Waals surface area contributed by atoms with E-state index in [0.717, 1.165) is 49.2 Å². The summed E-state index contributed by atoms with van der Waals surface area (Å²) in [7, 11) is 2.11. The van der Waals surface area contributed by atoms with Crippen molar-refractivity contribution in [2.75, 3.05) is 39.8 Å². The number of piperazine rings is 1. The number of carbonyl (C=O) groups is 2. The summed E-state index contributed by atoms with van der Waals surface area (Å²) in [4.78, 5) is 47.0. The average Bonchev–Trinajstić information content (AvgIpc) is 3.08. The molecule has 2 amide bonds. The van der Waals surface area contributed by atoms with E-state index in [1.165, 1.54) is 20.7 Å². The number of thiophene rings is 1. The number of nitrogens with one attached hydrogen (secondary N) is 2. The van der Waals surface area contributed by atoms with Gasteiger partial charge in [0.25, 0.3) is 5.56 Å². The molecular formula is C19H26N5O3S+. The predicted molar refractivity (Wildman–Crippen MR) is 107 cm³/mol. The van der Waals surface area contributed by atoms with E-state index in [4.69, 9.17) is 0 Å². The summed E-state index contributed by atoms with van der Waals surface area (Å²) in [5, 5.41) is 3.32. The highest BCUT2D eigenvalue weighted by atomic mass is 32.1. The van der Waals surface area contributed by atoms with Gasteiger partial charge in [0.2, 0.25) is 11.8 Å². The largest absolute Gasteiger partial charge is 0.345 e. The normalized spacial score (nSPS) is 17.5. The molecule has 0 aromatic carbocycles. The molecule has 150 valence electrons. The zero-order valence-electron chi connectivity index (χ0n) is 16.1. The van der Waals surface area contributed by atoms with Gasteiger partial charge in [0.05, 0.1) is 51.5 Å². The SMILES string of the molecule is C[NH+]1CCN(C(=O)CNC(=O)Cn2cnc3sc4c(c3c2=O)CCCC4)CC1. The molecule has 9 heteroatoms. The van der Waals surface area contributed by atoms with Gasteiger partial charge in [-0.25, -0.2) is 4.98 Å². The van der Waals surface area contributed by atoms with Gasteiger partial charge >= 0.3 is 0 Å². The smallest absolute Gasteiger partial charge is 0.262 e. The summed E-state index contributed by atoms with van der Waals surface area (Å²) in [6.07, 6.45) is 5.59. The van der Waals surface area contributed by atoms with E-state index in [9.17, 15) is 14.4 Å². The lowest BCUT2D eigenvalue weighted by Crippen LogP contribution is -3.12. The highest BCUT2D eigenvalue weighted by Gasteiger charge is 2.22. The van der Waals surface area contributed by atoms with Crippen molar-refractivity contribution in [3.8, 4) is 0 Å². The molecule has 0 unspecified atom stereocenters. The molecule has 2 aromatic heterocycles. The first-order valence-corrected chi connectivity index (χ1v) is 10.7. The van der Waals surface area contributed by atoms with Crippen LogP contribution in [0.4, 0.5) is 0 Å². The van der Waals surface area contributed by atoms with Gasteiger partial charge in [-0.1, -0.05) is 0 Å². The Kier molecular flexibility index (Phi) is 5.45. The fraction of sp³-hybridized carbons (Fsp3) is 0.579. The summed E-state index contributed by atoms with van der Waals surface area (Å²) in [5.74, 6) is -0.422. The van der Waals surface area contributed by atoms with Crippen LogP contribution in [0.5, 0.6) is 0 Å². The van der Waals surface area contributed by atoms with Crippen molar-refractivity contribution < 1.29 is 14.5 Å². The van der Waals surface area contributed by atoms with Crippen molar-refractivity contribution in [2.24, 2.45) is 0 Å². The third-order valence-corrected chi connectivity index (χ3v) is 6.86. The van der Waals surface area contributed by atoms with E-state index in [2.05, 4.69) is 17.3 Å². The number of quaternary nitrogens is 1. The number of fused-ring (bicyclic) bond motifs is 3. The summed E-state index contributed by atoms with van der Waals surface area (Å²) in [6, 6.07) is 0. The summed E-state index contributed by atoms with van der Waals surface area (Å²) in [6.45, 7) is 3.12. The minimum atomic E-state index is -0.347. The molecule has 1 aliphatic carbocycles. The van der Waals surface area contributed by atoms with Gasteiger partial charge in [-0.05, 0) is 31.2 Å². The van der Waals surface area contributed by atoms with Crippen LogP contribution in [0, 0.1) is 0 Å². The van der Waals surface area contributed by atoms with E-state index in [-0.39, 0.29) is 30.5 Å². The Morgan fingerprint density at radius 1 is 1.25 bits per heavy atom. The fourth-order valence-electron chi connectivity index (χ4n) is 3.93. The highest BCUT2D eigenvalue weighted by molar-refractivity contribution is 7.18. The van der Waals surface area contributed by atoms with Crippen LogP contribution in [0.2, 0.25) is 0 Å². The number of nitrogens with zero attached hydrogens (tertiary/aromatic N) is 3. The van der Waals surface area contributed by atoms with Crippen molar-refractivity contribution >= 4 is 33.4 Å². The van der Waals surface area contributed by atoms with Crippen molar-refractivity contribution in [3.05, 3.63) is 27.1 Å². The third kappa shape index (κ3) is 3.81. The Morgan fingerprint density at radius 3 is 2.79 bits per heavy atom. The van der Waals surface area contributed by atoms with Gasteiger partial charge < -0.3 is 15.1 Å². The minimum absolute atomic E-state index is 0.0316. The Morgan fingerprint density at radius 2 is 2.00 bits per heavy atom. The number of carbonyl (C=O) groups excluding carboxylic acids is 2. The second-order valence-electron chi connectivity index (χ2n) is 7.68. The fourth-order valence-corrected chi connectivity index (χ4v) is 5.15. The second kappa shape index (κ2) is 8.00. The molecule has 3 heterocycles. The maximum absolute atomic E-state index is 12.9. The van der Waals surface area contributed by atoms with Gasteiger partial charge in [-0.3, -0.25) is 19.0 Å². The number of aromatic nitrogens is 2. The maximum Gasteiger partial charge on any atom is 0.262 e. The molecule has 0 radical (unpaired) electrons. The van der Waals surface area contributed by atoms with E-state index in [0.29, 0.717) is 18.5 Å². The van der Waals surface area contributed by atoms with E-state index in [1.807, 2.05) is 0 Å². The third-order valence-electron chi connectivity index (χ3n) is 5.66. The molecule has 1 saturated heterocycles. The Hall–Kier alpha value is -2.26. The van der Waals surface area contributed by atoms with Gasteiger partial charge in [0, 0.05) is 4.88 Å². The predicted octanol–water partition coefficient (Wildman–Crippen LogP) is -1.19. The Labute approximate surface area is 167 Å². The number of hydrogen-bond donors (Lipinski definition) is 2. The molecule has 28 heavy (non-hydrogen) atoms. The van der Waals surface area contributed by atoms with Crippen molar-refractivity contribution in [3.63, 3.8) is 0 Å². The van der Waals surface area contributed by atoms with Crippen LogP contribution in [0.1, 0.15) is 23.3 Å². The topological polar surface area (TPSA) is 88.7 Å². The van der Waals surface area contributed by atoms with E-state index >= 15 is 0 Å². The zero-order valence-corrected chi connectivity index (χ0v) is 16.9. The van der Waals surface area contributed by atoms with E-state index in [1.54, 1.807) is 16.2 Å². The van der Waals surface area contributed by atoms with Crippen LogP contribution in [-0.2, 0) is 29.0 Å². The van der Waals surface area contributed by atoms with Gasteiger partial charge in [-0.2, -0.15) is 0 Å². The number of amides is 2. The maximum atomic E-state index is 12.9. The van der Waals surface area contributed by atoms with Crippen molar-refractivity contribution in [2.45, 2.75) is 32.2 Å². The van der Waals surface area contributed by atoms with Crippen LogP contribution in [-0.4, -0.2) is 66.0 Å². The van der Waals surface area contributed by atoms with Gasteiger partial charge in [0.15, 0.2) is 0 Å². The van der Waals surface area contributed by atoms with Crippen molar-refractivity contribution in [1.29, 1.82) is 0 Å². The number of rotatable bonds is 4. The molecule has 4 rings (SSSR count). The molecule has 0 spiro atoms. The number of hydrogen-bond acceptors (Lipinski definition) is 5.